The molecule has 190 valence electrons. The largest absolute Gasteiger partial charge is 0.481 e. The summed E-state index contributed by atoms with van der Waals surface area (Å²) in [5.41, 5.74) is 1.99. The molecule has 1 aromatic heterocycles. The highest BCUT2D eigenvalue weighted by molar-refractivity contribution is 6.05. The number of aliphatic hydroxyl groups is 1. The highest BCUT2D eigenvalue weighted by Crippen LogP contribution is 2.40. The van der Waals surface area contributed by atoms with Crippen molar-refractivity contribution in [1.82, 2.24) is 9.88 Å². The Balaban J connectivity index is 1.27. The van der Waals surface area contributed by atoms with Crippen LogP contribution in [0.5, 0.6) is 11.5 Å². The lowest BCUT2D eigenvalue weighted by Gasteiger charge is -2.41. The molecule has 0 radical (unpaired) electrons. The summed E-state index contributed by atoms with van der Waals surface area (Å²) in [7, 11) is 0. The van der Waals surface area contributed by atoms with Crippen molar-refractivity contribution in [2.75, 3.05) is 49.1 Å². The smallest absolute Gasteiger partial charge is 0.259 e. The molecular weight excluding hydrogens is 470 g/mol. The topological polar surface area (TPSA) is 102 Å². The number of para-hydroxylation sites is 1. The molecule has 1 unspecified atom stereocenters. The zero-order valence-corrected chi connectivity index (χ0v) is 20.7. The van der Waals surface area contributed by atoms with Gasteiger partial charge in [-0.2, -0.15) is 5.26 Å². The first kappa shape index (κ1) is 24.6. The van der Waals surface area contributed by atoms with Crippen molar-refractivity contribution in [3.63, 3.8) is 0 Å². The van der Waals surface area contributed by atoms with Crippen LogP contribution in [0.15, 0.2) is 66.9 Å². The number of aromatic nitrogens is 1. The normalized spacial score (nSPS) is 18.1. The summed E-state index contributed by atoms with van der Waals surface area (Å²) in [6, 6.07) is 20.1. The molecule has 37 heavy (non-hydrogen) atoms. The highest BCUT2D eigenvalue weighted by atomic mass is 16.7. The number of anilines is 2. The number of carbonyl (C=O) groups is 1. The van der Waals surface area contributed by atoms with E-state index < -0.39 is 6.29 Å². The van der Waals surface area contributed by atoms with Crippen LogP contribution < -0.4 is 19.3 Å². The zero-order valence-electron chi connectivity index (χ0n) is 20.7. The Morgan fingerprint density at radius 3 is 2.62 bits per heavy atom. The van der Waals surface area contributed by atoms with E-state index in [0.717, 1.165) is 31.9 Å². The van der Waals surface area contributed by atoms with Gasteiger partial charge in [0.05, 0.1) is 17.3 Å². The Morgan fingerprint density at radius 1 is 1.14 bits per heavy atom. The van der Waals surface area contributed by atoms with E-state index in [1.54, 1.807) is 41.4 Å². The summed E-state index contributed by atoms with van der Waals surface area (Å²) in [5.74, 6) is 1.67. The van der Waals surface area contributed by atoms with Crippen LogP contribution in [0.4, 0.5) is 11.5 Å². The molecule has 3 aromatic rings. The first-order valence-electron chi connectivity index (χ1n) is 12.4. The number of hydrogen-bond acceptors (Lipinski definition) is 8. The lowest BCUT2D eigenvalue weighted by molar-refractivity contribution is -0.0667. The molecule has 1 fully saturated rings. The van der Waals surface area contributed by atoms with Crippen LogP contribution in [-0.2, 0) is 0 Å². The van der Waals surface area contributed by atoms with E-state index >= 15 is 0 Å². The molecule has 1 N–H and O–H groups in total. The number of ether oxygens (including phenoxy) is 2. The third-order valence-electron chi connectivity index (χ3n) is 6.75. The number of pyridine rings is 1. The van der Waals surface area contributed by atoms with Gasteiger partial charge in [-0.05, 0) is 55.5 Å². The Labute approximate surface area is 216 Å². The van der Waals surface area contributed by atoms with E-state index in [0.29, 0.717) is 35.0 Å². The van der Waals surface area contributed by atoms with Gasteiger partial charge in [-0.1, -0.05) is 12.1 Å². The van der Waals surface area contributed by atoms with Crippen LogP contribution in [0.25, 0.3) is 0 Å². The van der Waals surface area contributed by atoms with Gasteiger partial charge < -0.3 is 19.5 Å². The monoisotopic (exact) mass is 499 g/mol. The molecule has 2 aliphatic rings. The summed E-state index contributed by atoms with van der Waals surface area (Å²) < 4.78 is 11.3. The molecule has 0 saturated carbocycles. The fraction of sp³-hybridized carbons (Fsp3) is 0.321. The lowest BCUT2D eigenvalue weighted by atomic mass is 10.1. The molecule has 1 amide bonds. The Kier molecular flexibility index (Phi) is 7.21. The van der Waals surface area contributed by atoms with E-state index in [-0.39, 0.29) is 18.6 Å². The van der Waals surface area contributed by atoms with E-state index in [9.17, 15) is 9.90 Å². The Hall–Kier alpha value is -4.13. The van der Waals surface area contributed by atoms with Crippen molar-refractivity contribution in [3.8, 4) is 17.6 Å². The average Bonchev–Trinajstić information content (AvgIpc) is 2.95. The molecule has 0 aliphatic carbocycles. The zero-order chi connectivity index (χ0) is 25.8. The molecule has 3 heterocycles. The predicted molar refractivity (Wildman–Crippen MR) is 139 cm³/mol. The number of aliphatic hydroxyl groups excluding tert-OH is 1. The number of hydrogen-bond donors (Lipinski definition) is 1. The lowest BCUT2D eigenvalue weighted by Crippen LogP contribution is -2.53. The fourth-order valence-electron chi connectivity index (χ4n) is 4.75. The molecule has 5 rings (SSSR count). The van der Waals surface area contributed by atoms with Gasteiger partial charge in [-0.3, -0.25) is 14.6 Å². The summed E-state index contributed by atoms with van der Waals surface area (Å²) in [6.45, 7) is 5.92. The average molecular weight is 500 g/mol. The van der Waals surface area contributed by atoms with Crippen LogP contribution in [0, 0.1) is 11.3 Å². The van der Waals surface area contributed by atoms with E-state index in [2.05, 4.69) is 27.8 Å². The second-order valence-corrected chi connectivity index (χ2v) is 9.15. The summed E-state index contributed by atoms with van der Waals surface area (Å²) in [5, 5.41) is 18.8. The summed E-state index contributed by atoms with van der Waals surface area (Å²) in [4.78, 5) is 24.3. The standard InChI is InChI=1S/C28H29N5O4/c1-20(18-33(25-7-2-3-12-30-25)28(35)22-10-8-21(17-29)9-11-22)31-13-15-32(16-14-31)23-5-4-6-24-27(23)36-19-26(34)37-24/h2-12,20,26,34H,13-16,18-19H2,1H3/t20?,26-/m1/s1. The van der Waals surface area contributed by atoms with Gasteiger partial charge in [0.15, 0.2) is 18.1 Å². The summed E-state index contributed by atoms with van der Waals surface area (Å²) >= 11 is 0. The van der Waals surface area contributed by atoms with Crippen molar-refractivity contribution in [1.29, 1.82) is 5.26 Å². The second kappa shape index (κ2) is 10.9. The number of rotatable bonds is 6. The minimum atomic E-state index is -0.950. The van der Waals surface area contributed by atoms with Gasteiger partial charge in [0, 0.05) is 50.5 Å². The van der Waals surface area contributed by atoms with Gasteiger partial charge in [-0.15, -0.1) is 0 Å². The highest BCUT2D eigenvalue weighted by Gasteiger charge is 2.29. The number of piperazine rings is 1. The minimum Gasteiger partial charge on any atom is -0.481 e. The van der Waals surface area contributed by atoms with Crippen LogP contribution >= 0.6 is 0 Å². The van der Waals surface area contributed by atoms with Crippen LogP contribution in [0.3, 0.4) is 0 Å². The quantitative estimate of drug-likeness (QED) is 0.553. The van der Waals surface area contributed by atoms with E-state index in [1.165, 1.54) is 0 Å². The first-order chi connectivity index (χ1) is 18.0. The maximum absolute atomic E-state index is 13.5. The van der Waals surface area contributed by atoms with Crippen molar-refractivity contribution in [3.05, 3.63) is 78.0 Å². The number of nitrogens with zero attached hydrogens (tertiary/aromatic N) is 5. The van der Waals surface area contributed by atoms with E-state index in [1.807, 2.05) is 30.3 Å². The maximum atomic E-state index is 13.5. The molecule has 9 nitrogen and oxygen atoms in total. The molecule has 1 saturated heterocycles. The van der Waals surface area contributed by atoms with Crippen molar-refractivity contribution < 1.29 is 19.4 Å². The van der Waals surface area contributed by atoms with Crippen molar-refractivity contribution in [2.24, 2.45) is 0 Å². The van der Waals surface area contributed by atoms with Gasteiger partial charge >= 0.3 is 0 Å². The number of carbonyl (C=O) groups excluding carboxylic acids is 1. The Morgan fingerprint density at radius 2 is 1.92 bits per heavy atom. The molecule has 2 aromatic carbocycles. The van der Waals surface area contributed by atoms with Crippen molar-refractivity contribution >= 4 is 17.4 Å². The fourth-order valence-corrected chi connectivity index (χ4v) is 4.75. The van der Waals surface area contributed by atoms with Crippen LogP contribution in [-0.4, -0.2) is 72.6 Å². The summed E-state index contributed by atoms with van der Waals surface area (Å²) in [6.07, 6.45) is 0.734. The number of amides is 1. The predicted octanol–water partition coefficient (Wildman–Crippen LogP) is 2.90. The molecule has 9 heteroatoms. The Bertz CT molecular complexity index is 1270. The van der Waals surface area contributed by atoms with E-state index in [4.69, 9.17) is 14.7 Å². The third-order valence-corrected chi connectivity index (χ3v) is 6.75. The second-order valence-electron chi connectivity index (χ2n) is 9.15. The van der Waals surface area contributed by atoms with Gasteiger partial charge in [-0.25, -0.2) is 4.98 Å². The third kappa shape index (κ3) is 5.35. The van der Waals surface area contributed by atoms with Gasteiger partial charge in [0.25, 0.3) is 5.91 Å². The SMILES string of the molecule is CC(CN(C(=O)c1ccc(C#N)cc1)c1ccccn1)N1CCN(c2cccc3c2OC[C@H](O)O3)CC1. The van der Waals surface area contributed by atoms with Crippen LogP contribution in [0.1, 0.15) is 22.8 Å². The molecule has 0 bridgehead atoms. The van der Waals surface area contributed by atoms with Crippen LogP contribution in [0.2, 0.25) is 0 Å². The number of nitriles is 1. The first-order valence-corrected chi connectivity index (χ1v) is 12.4. The number of fused-ring (bicyclic) bond motifs is 1. The minimum absolute atomic E-state index is 0.0888. The van der Waals surface area contributed by atoms with Gasteiger partial charge in [0.1, 0.15) is 5.82 Å². The number of benzene rings is 2. The molecule has 0 spiro atoms. The molecule has 2 atom stereocenters. The molecular formula is C28H29N5O4. The van der Waals surface area contributed by atoms with Gasteiger partial charge in [0.2, 0.25) is 6.29 Å². The maximum Gasteiger partial charge on any atom is 0.259 e. The van der Waals surface area contributed by atoms with Crippen molar-refractivity contribution in [2.45, 2.75) is 19.3 Å². The molecule has 2 aliphatic heterocycles.